The van der Waals surface area contributed by atoms with Gasteiger partial charge in [0.05, 0.1) is 0 Å². The van der Waals surface area contributed by atoms with Gasteiger partial charge in [-0.1, -0.05) is 19.1 Å². The van der Waals surface area contributed by atoms with Crippen molar-refractivity contribution in [2.75, 3.05) is 53.6 Å². The second-order valence-corrected chi connectivity index (χ2v) is 12.6. The minimum Gasteiger partial charge on any atom is -0.444 e. The van der Waals surface area contributed by atoms with Gasteiger partial charge in [-0.25, -0.2) is 14.6 Å². The molecule has 13 heteroatoms. The lowest BCUT2D eigenvalue weighted by Crippen LogP contribution is -2.42. The molecule has 1 aromatic heterocycles. The van der Waals surface area contributed by atoms with Gasteiger partial charge in [-0.05, 0) is 90.4 Å². The number of benzene rings is 1. The number of amides is 3. The smallest absolute Gasteiger partial charge is 0.414 e. The van der Waals surface area contributed by atoms with E-state index in [9.17, 15) is 14.4 Å². The molecule has 13 nitrogen and oxygen atoms in total. The van der Waals surface area contributed by atoms with Gasteiger partial charge in [-0.2, -0.15) is 4.98 Å². The second kappa shape index (κ2) is 16.5. The van der Waals surface area contributed by atoms with Crippen LogP contribution in [0.4, 0.5) is 32.7 Å². The van der Waals surface area contributed by atoms with Crippen molar-refractivity contribution in [3.8, 4) is 0 Å². The third-order valence-electron chi connectivity index (χ3n) is 6.20. The lowest BCUT2D eigenvalue weighted by Gasteiger charge is -2.28. The largest absolute Gasteiger partial charge is 0.444 e. The van der Waals surface area contributed by atoms with Crippen LogP contribution in [-0.4, -0.2) is 72.0 Å². The van der Waals surface area contributed by atoms with Crippen molar-refractivity contribution in [3.05, 3.63) is 60.0 Å². The van der Waals surface area contributed by atoms with Crippen molar-refractivity contribution < 1.29 is 23.9 Å². The minimum atomic E-state index is -0.746. The number of nitrogens with one attached hydrogen (secondary N) is 5. The summed E-state index contributed by atoms with van der Waals surface area (Å²) in [5, 5.41) is 15.2. The van der Waals surface area contributed by atoms with Crippen LogP contribution in [0, 0.1) is 0 Å². The molecule has 0 aliphatic carbocycles. The maximum absolute atomic E-state index is 13.5. The topological polar surface area (TPSA) is 159 Å². The summed E-state index contributed by atoms with van der Waals surface area (Å²) in [6.45, 7) is 14.9. The van der Waals surface area contributed by atoms with Gasteiger partial charge in [0.15, 0.2) is 0 Å². The Hall–Kier alpha value is -4.81. The van der Waals surface area contributed by atoms with Gasteiger partial charge in [0.1, 0.15) is 22.6 Å². The van der Waals surface area contributed by atoms with Crippen molar-refractivity contribution in [2.24, 2.45) is 0 Å². The molecule has 1 aromatic carbocycles. The molecule has 1 aliphatic heterocycles. The predicted octanol–water partition coefficient (Wildman–Crippen LogP) is 5.66. The molecule has 0 atom stereocenters. The first kappa shape index (κ1) is 35.7. The molecular formula is C33H48N8O5. The van der Waals surface area contributed by atoms with E-state index in [1.54, 1.807) is 65.8 Å². The third kappa shape index (κ3) is 12.3. The van der Waals surface area contributed by atoms with Crippen molar-refractivity contribution in [1.82, 2.24) is 20.6 Å². The maximum atomic E-state index is 13.5. The van der Waals surface area contributed by atoms with E-state index in [0.29, 0.717) is 36.2 Å². The summed E-state index contributed by atoms with van der Waals surface area (Å²) in [6, 6.07) is 6.82. The standard InChI is InChI=1S/C33H48N8O5/c1-8-15-35-27-26(22-38-29(40-27)36-18-14-23-12-16-34-17-13-23)28(42)39-24-10-9-11-25(21-24)41(31(44)46-33(5,6)7)20-19-37-30(43)45-32(2,3)4/h9-13,16,21-22,34H,8,14-15,17-20H2,1-7H3,(H,37,43)(H,39,42)(H2,35,36,38,40). The molecule has 3 rings (SSSR count). The Morgan fingerprint density at radius 2 is 1.76 bits per heavy atom. The Kier molecular flexibility index (Phi) is 12.8. The van der Waals surface area contributed by atoms with Gasteiger partial charge in [0, 0.05) is 50.3 Å². The highest BCUT2D eigenvalue weighted by molar-refractivity contribution is 6.07. The summed E-state index contributed by atoms with van der Waals surface area (Å²) in [6.07, 6.45) is 8.06. The third-order valence-corrected chi connectivity index (χ3v) is 6.20. The van der Waals surface area contributed by atoms with Crippen LogP contribution in [-0.2, 0) is 9.47 Å². The Bertz CT molecular complexity index is 1410. The Balaban J connectivity index is 1.74. The molecule has 0 unspecified atom stereocenters. The fraction of sp³-hybridized carbons (Fsp3) is 0.485. The highest BCUT2D eigenvalue weighted by Gasteiger charge is 2.25. The summed E-state index contributed by atoms with van der Waals surface area (Å²) in [4.78, 5) is 49.2. The summed E-state index contributed by atoms with van der Waals surface area (Å²) in [5.41, 5.74) is 1.01. The van der Waals surface area contributed by atoms with Crippen molar-refractivity contribution in [1.29, 1.82) is 0 Å². The number of ether oxygens (including phenoxy) is 2. The molecule has 0 bridgehead atoms. The summed E-state index contributed by atoms with van der Waals surface area (Å²) < 4.78 is 10.9. The summed E-state index contributed by atoms with van der Waals surface area (Å²) in [7, 11) is 0. The van der Waals surface area contributed by atoms with E-state index in [-0.39, 0.29) is 18.7 Å². The van der Waals surface area contributed by atoms with E-state index >= 15 is 0 Å². The number of carbonyl (C=O) groups excluding carboxylic acids is 3. The van der Waals surface area contributed by atoms with Crippen LogP contribution in [0.5, 0.6) is 0 Å². The quantitative estimate of drug-likeness (QED) is 0.186. The molecule has 0 spiro atoms. The van der Waals surface area contributed by atoms with Gasteiger partial charge in [-0.15, -0.1) is 0 Å². The highest BCUT2D eigenvalue weighted by Crippen LogP contribution is 2.24. The lowest BCUT2D eigenvalue weighted by molar-refractivity contribution is 0.0513. The lowest BCUT2D eigenvalue weighted by atomic mass is 10.1. The van der Waals surface area contributed by atoms with Gasteiger partial charge >= 0.3 is 12.2 Å². The molecule has 1 aliphatic rings. The molecule has 0 fully saturated rings. The molecule has 2 heterocycles. The van der Waals surface area contributed by atoms with Crippen LogP contribution in [0.3, 0.4) is 0 Å². The van der Waals surface area contributed by atoms with Crippen LogP contribution in [0.15, 0.2) is 54.4 Å². The zero-order valence-electron chi connectivity index (χ0n) is 28.0. The summed E-state index contributed by atoms with van der Waals surface area (Å²) in [5.74, 6) is 0.420. The van der Waals surface area contributed by atoms with E-state index < -0.39 is 29.3 Å². The number of hydrogen-bond acceptors (Lipinski definition) is 10. The number of alkyl carbamates (subject to hydrolysis) is 1. The van der Waals surface area contributed by atoms with E-state index in [2.05, 4.69) is 42.6 Å². The normalized spacial score (nSPS) is 12.7. The number of hydrogen-bond donors (Lipinski definition) is 5. The monoisotopic (exact) mass is 636 g/mol. The maximum Gasteiger partial charge on any atom is 0.414 e. The fourth-order valence-electron chi connectivity index (χ4n) is 4.18. The van der Waals surface area contributed by atoms with Gasteiger partial charge < -0.3 is 36.1 Å². The van der Waals surface area contributed by atoms with Crippen LogP contribution < -0.4 is 31.5 Å². The molecular weight excluding hydrogens is 588 g/mol. The average molecular weight is 637 g/mol. The fourth-order valence-corrected chi connectivity index (χ4v) is 4.18. The SMILES string of the molecule is CCCNc1nc(NCCC2=CCNC=C2)ncc1C(=O)Nc1cccc(N(CCNC(=O)OC(C)(C)C)C(=O)OC(C)(C)C)c1. The number of rotatable bonds is 13. The number of aromatic nitrogens is 2. The molecule has 250 valence electrons. The van der Waals surface area contributed by atoms with Gasteiger partial charge in [-0.3, -0.25) is 9.69 Å². The highest BCUT2D eigenvalue weighted by atomic mass is 16.6. The van der Waals surface area contributed by atoms with E-state index in [1.807, 2.05) is 19.2 Å². The number of carbonyl (C=O) groups is 3. The molecule has 3 amide bonds. The average Bonchev–Trinajstić information content (AvgIpc) is 2.97. The van der Waals surface area contributed by atoms with Crippen molar-refractivity contribution in [3.63, 3.8) is 0 Å². The first-order valence-corrected chi connectivity index (χ1v) is 15.6. The van der Waals surface area contributed by atoms with Gasteiger partial charge in [0.25, 0.3) is 5.91 Å². The van der Waals surface area contributed by atoms with Gasteiger partial charge in [0.2, 0.25) is 5.95 Å². The number of nitrogens with zero attached hydrogens (tertiary/aromatic N) is 3. The van der Waals surface area contributed by atoms with Crippen molar-refractivity contribution >= 4 is 41.2 Å². The number of dihydropyridines is 1. The first-order chi connectivity index (χ1) is 21.7. The Morgan fingerprint density at radius 3 is 2.43 bits per heavy atom. The number of allylic oxidation sites excluding steroid dienone is 1. The van der Waals surface area contributed by atoms with Crippen LogP contribution in [0.1, 0.15) is 71.7 Å². The zero-order valence-corrected chi connectivity index (χ0v) is 28.0. The van der Waals surface area contributed by atoms with Crippen LogP contribution in [0.2, 0.25) is 0 Å². The Morgan fingerprint density at radius 1 is 1.00 bits per heavy atom. The minimum absolute atomic E-state index is 0.101. The molecule has 0 radical (unpaired) electrons. The van der Waals surface area contributed by atoms with Crippen LogP contribution >= 0.6 is 0 Å². The predicted molar refractivity (Wildman–Crippen MR) is 181 cm³/mol. The van der Waals surface area contributed by atoms with E-state index in [1.165, 1.54) is 16.7 Å². The van der Waals surface area contributed by atoms with Crippen LogP contribution in [0.25, 0.3) is 0 Å². The number of anilines is 4. The second-order valence-electron chi connectivity index (χ2n) is 12.6. The Labute approximate surface area is 271 Å². The summed E-state index contributed by atoms with van der Waals surface area (Å²) >= 11 is 0. The molecule has 2 aromatic rings. The van der Waals surface area contributed by atoms with E-state index in [0.717, 1.165) is 19.4 Å². The first-order valence-electron chi connectivity index (χ1n) is 15.6. The molecule has 5 N–H and O–H groups in total. The molecule has 0 saturated carbocycles. The van der Waals surface area contributed by atoms with Crippen molar-refractivity contribution in [2.45, 2.75) is 72.5 Å². The van der Waals surface area contributed by atoms with E-state index in [4.69, 9.17) is 9.47 Å². The molecule has 0 saturated heterocycles. The zero-order chi connectivity index (χ0) is 33.7. The molecule has 46 heavy (non-hydrogen) atoms.